The molecule has 66 heavy (non-hydrogen) atoms. The quantitative estimate of drug-likeness (QED) is 0.0165. The van der Waals surface area contributed by atoms with Crippen molar-refractivity contribution in [1.29, 1.82) is 0 Å². The Morgan fingerprint density at radius 3 is 0.970 bits per heavy atom. The summed E-state index contributed by atoms with van der Waals surface area (Å²) in [5, 5.41) is 70.0. The third kappa shape index (κ3) is 25.8. The molecule has 0 aromatic heterocycles. The number of quaternary nitrogens is 1. The Labute approximate surface area is 374 Å². The van der Waals surface area contributed by atoms with E-state index in [1.54, 1.807) is 5.32 Å². The highest BCUT2D eigenvalue weighted by molar-refractivity contribution is 5.99. The van der Waals surface area contributed by atoms with E-state index in [1.807, 2.05) is 10.6 Å². The topological polar surface area (TPSA) is 601 Å². The van der Waals surface area contributed by atoms with Gasteiger partial charge in [-0.2, -0.15) is 0 Å². The molecule has 0 saturated carbocycles. The lowest BCUT2D eigenvalue weighted by Crippen LogP contribution is -2.78. The van der Waals surface area contributed by atoms with Gasteiger partial charge < -0.3 is 87.1 Å². The predicted molar refractivity (Wildman–Crippen MR) is 207 cm³/mol. The maximum absolute atomic E-state index is 13.9. The van der Waals surface area contributed by atoms with Crippen LogP contribution in [0.25, 0.3) is 0 Å². The first-order valence-electron chi connectivity index (χ1n) is 19.7. The maximum Gasteiger partial charge on any atom is 0.338 e. The number of carboxylic acids is 5. The molecule has 7 atom stereocenters. The minimum Gasteiger partial charge on any atom is -0.550 e. The molecule has 0 aliphatic rings. The number of aliphatic carboxylic acids is 5. The molecule has 0 saturated heterocycles. The summed E-state index contributed by atoms with van der Waals surface area (Å²) in [6.07, 6.45) is -5.31. The lowest BCUT2D eigenvalue weighted by Gasteiger charge is -2.27. The van der Waals surface area contributed by atoms with E-state index in [9.17, 15) is 78.3 Å². The summed E-state index contributed by atoms with van der Waals surface area (Å²) in [7, 11) is 0. The van der Waals surface area contributed by atoms with E-state index < -0.39 is 133 Å². The van der Waals surface area contributed by atoms with Crippen LogP contribution >= 0.6 is 0 Å². The van der Waals surface area contributed by atoms with Gasteiger partial charge in [-0.25, -0.2) is 0 Å². The Kier molecular flexibility index (Phi) is 26.4. The molecule has 0 heterocycles. The number of nitrogens with one attached hydrogen (secondary N) is 9. The monoisotopic (exact) mass is 945 g/mol. The van der Waals surface area contributed by atoms with Gasteiger partial charge in [-0.3, -0.25) is 78.1 Å². The van der Waals surface area contributed by atoms with Gasteiger partial charge in [-0.05, 0) is 38.5 Å². The van der Waals surface area contributed by atoms with E-state index in [1.165, 1.54) is 0 Å². The summed E-state index contributed by atoms with van der Waals surface area (Å²) >= 11 is 0. The van der Waals surface area contributed by atoms with Crippen LogP contribution in [0.1, 0.15) is 64.2 Å². The molecule has 0 aromatic carbocycles. The first-order valence-corrected chi connectivity index (χ1v) is 19.7. The summed E-state index contributed by atoms with van der Waals surface area (Å²) in [5.74, 6) is -18.2. The van der Waals surface area contributed by atoms with Crippen molar-refractivity contribution in [2.24, 2.45) is 34.4 Å². The molecule has 6 amide bonds. The predicted octanol–water partition coefficient (Wildman–Crippen LogP) is -21.8. The zero-order valence-corrected chi connectivity index (χ0v) is 35.4. The molecule has 370 valence electrons. The van der Waals surface area contributed by atoms with Crippen molar-refractivity contribution in [2.45, 2.75) is 107 Å². The Bertz CT molecular complexity index is 1850. The van der Waals surface area contributed by atoms with E-state index in [-0.39, 0.29) is 76.0 Å². The molecule has 0 unspecified atom stereocenters. The highest BCUT2D eigenvalue weighted by Crippen LogP contribution is 2.05. The van der Waals surface area contributed by atoms with Gasteiger partial charge in [0.05, 0.1) is 86.9 Å². The average Bonchev–Trinajstić information content (AvgIpc) is 3.19. The molecular weight excluding hydrogens is 888 g/mol. The lowest BCUT2D eigenvalue weighted by molar-refractivity contribution is -0.460. The summed E-state index contributed by atoms with van der Waals surface area (Å²) < 4.78 is 0. The maximum atomic E-state index is 13.9. The Hall–Kier alpha value is -8.06. The van der Waals surface area contributed by atoms with Crippen molar-refractivity contribution < 1.29 is 99.0 Å². The van der Waals surface area contributed by atoms with Crippen molar-refractivity contribution in [3.63, 3.8) is 0 Å². The molecule has 0 aliphatic heterocycles. The van der Waals surface area contributed by atoms with E-state index in [0.717, 1.165) is 0 Å². The van der Waals surface area contributed by atoms with Crippen molar-refractivity contribution in [3.8, 4) is 0 Å². The third-order valence-electron chi connectivity index (χ3n) is 8.67. The van der Waals surface area contributed by atoms with Crippen LogP contribution in [0, 0.1) is 0 Å². The second-order valence-electron chi connectivity index (χ2n) is 14.3. The summed E-state index contributed by atoms with van der Waals surface area (Å²) in [6, 6.07) is -13.5. The van der Waals surface area contributed by atoms with Gasteiger partial charge in [-0.15, -0.1) is 0 Å². The van der Waals surface area contributed by atoms with E-state index in [2.05, 4.69) is 36.7 Å². The molecule has 0 bridgehead atoms. The summed E-state index contributed by atoms with van der Waals surface area (Å²) in [5.41, 5.74) is 35.2. The number of hydrogen-bond donors (Lipinski definition) is 16. The first-order chi connectivity index (χ1) is 30.7. The molecule has 0 radical (unpaired) electrons. The number of guanidine groups is 3. The van der Waals surface area contributed by atoms with Crippen LogP contribution in [0.15, 0.2) is 0 Å². The molecule has 24 N–H and O–H groups in total. The van der Waals surface area contributed by atoms with E-state index in [4.69, 9.17) is 34.4 Å². The van der Waals surface area contributed by atoms with Crippen LogP contribution in [0.4, 0.5) is 0 Å². The number of hydrogen-bond acceptors (Lipinski definition) is 16. The molecule has 0 aliphatic carbocycles. The second-order valence-corrected chi connectivity index (χ2v) is 14.3. The number of carbonyl (C=O) groups excluding carboxylic acids is 11. The second kappa shape index (κ2) is 30.1. The molecule has 0 fully saturated rings. The number of rotatable bonds is 33. The number of amides is 6. The van der Waals surface area contributed by atoms with E-state index in [0.29, 0.717) is 0 Å². The van der Waals surface area contributed by atoms with Crippen molar-refractivity contribution in [3.05, 3.63) is 0 Å². The summed E-state index contributed by atoms with van der Waals surface area (Å²) in [4.78, 5) is 145. The average molecular weight is 946 g/mol. The molecule has 0 aromatic rings. The molecule has 32 heteroatoms. The SMILES string of the molecule is NC(N)=[NH+]CCC[C@H](NC(=O)C[C@H](NC(=O)[C@H](CC(=O)N[C@@H](CCC[NH+]=C(N)N)C(=O)[O-])NC(=O)[C@@H]([NH3+])CC(=O)N[C@@H](CCC[NH+]=C(N)N)C(=O)[O-])C(=O)N[C@@H](CC(=O)[O-])C(=O)[O-])C(=O)[O-]. The van der Waals surface area contributed by atoms with Crippen LogP contribution in [0.3, 0.4) is 0 Å². The van der Waals surface area contributed by atoms with Gasteiger partial charge in [0, 0.05) is 12.4 Å². The zero-order valence-electron chi connectivity index (χ0n) is 35.4. The molecule has 32 nitrogen and oxygen atoms in total. The normalized spacial score (nSPS) is 13.7. The molecular formula is C34H57N16O16-. The third-order valence-corrected chi connectivity index (χ3v) is 8.67. The first kappa shape index (κ1) is 57.9. The number of nitrogens with two attached hydrogens (primary N) is 6. The minimum atomic E-state index is -2.34. The Balaban J connectivity index is 6.77. The van der Waals surface area contributed by atoms with Crippen molar-refractivity contribution in [2.75, 3.05) is 19.6 Å². The Morgan fingerprint density at radius 1 is 0.394 bits per heavy atom. The van der Waals surface area contributed by atoms with E-state index >= 15 is 0 Å². The summed E-state index contributed by atoms with van der Waals surface area (Å²) in [6.45, 7) is 0.167. The van der Waals surface area contributed by atoms with Crippen LogP contribution in [-0.2, 0) is 52.7 Å². The van der Waals surface area contributed by atoms with Gasteiger partial charge in [0.2, 0.25) is 29.5 Å². The van der Waals surface area contributed by atoms with Gasteiger partial charge in [0.25, 0.3) is 5.91 Å². The standard InChI is InChI=1S/C34H58N16O16/c35-14(10-21(51)45-15(28(59)60)4-1-7-42-32(36)37)25(56)48-18(11-22(52)46-16(29(61)62)5-2-8-43-33(38)39)26(57)49-19(27(58)50-20(31(65)66)13-24(54)55)12-23(53)47-17(30(63)64)6-3-9-44-34(40)41/h14-20H,1-13,35H2,(H,45,51)(H,46,52)(H,47,53)(H,48,56)(H,49,57)(H,50,58)(H,54,55)(H,59,60)(H,61,62)(H,63,64)(H,65,66)(H4,36,37,42)(H4,38,39,43)(H4,40,41,44)/p-1/t14-,15-,16-,17-,18-,19-,20-/m0/s1. The largest absolute Gasteiger partial charge is 0.550 e. The van der Waals surface area contributed by atoms with Gasteiger partial charge in [0.15, 0.2) is 6.04 Å². The smallest absolute Gasteiger partial charge is 0.338 e. The fourth-order valence-electron chi connectivity index (χ4n) is 5.42. The lowest BCUT2D eigenvalue weighted by atomic mass is 10.1. The van der Waals surface area contributed by atoms with Gasteiger partial charge >= 0.3 is 17.9 Å². The fraction of sp³-hybridized carbons (Fsp3) is 0.588. The number of carboxylic acid groups (broad SMARTS) is 5. The van der Waals surface area contributed by atoms with Crippen LogP contribution < -0.4 is 113 Å². The highest BCUT2D eigenvalue weighted by Gasteiger charge is 2.34. The Morgan fingerprint density at radius 2 is 0.682 bits per heavy atom. The van der Waals surface area contributed by atoms with Crippen molar-refractivity contribution in [1.82, 2.24) is 31.9 Å². The van der Waals surface area contributed by atoms with Crippen LogP contribution in [-0.4, -0.2) is 145 Å². The fourth-order valence-corrected chi connectivity index (χ4v) is 5.42. The van der Waals surface area contributed by atoms with Crippen LogP contribution in [0.5, 0.6) is 0 Å². The van der Waals surface area contributed by atoms with Gasteiger partial charge in [0.1, 0.15) is 12.1 Å². The molecule has 0 spiro atoms. The number of carbonyl (C=O) groups is 11. The van der Waals surface area contributed by atoms with Crippen molar-refractivity contribution >= 4 is 83.2 Å². The minimum absolute atomic E-state index is 0.0161. The highest BCUT2D eigenvalue weighted by atomic mass is 16.4. The molecule has 0 rings (SSSR count). The van der Waals surface area contributed by atoms with Crippen LogP contribution in [0.2, 0.25) is 0 Å². The zero-order chi connectivity index (χ0) is 50.7. The van der Waals surface area contributed by atoms with Gasteiger partial charge in [-0.1, -0.05) is 0 Å².